The summed E-state index contributed by atoms with van der Waals surface area (Å²) in [5.41, 5.74) is 6.97. The lowest BCUT2D eigenvalue weighted by Gasteiger charge is -1.98. The molecule has 2 rings (SSSR count). The first-order valence-corrected chi connectivity index (χ1v) is 5.00. The van der Waals surface area contributed by atoms with Gasteiger partial charge in [0.1, 0.15) is 12.0 Å². The van der Waals surface area contributed by atoms with E-state index in [4.69, 9.17) is 21.8 Å². The summed E-state index contributed by atoms with van der Waals surface area (Å²) in [5, 5.41) is 0.658. The van der Waals surface area contributed by atoms with Crippen LogP contribution in [0.5, 0.6) is 0 Å². The van der Waals surface area contributed by atoms with Crippen LogP contribution in [0, 0.1) is 0 Å². The zero-order chi connectivity index (χ0) is 10.1. The first-order valence-electron chi connectivity index (χ1n) is 3.83. The van der Waals surface area contributed by atoms with Crippen molar-refractivity contribution < 1.29 is 4.42 Å². The molecule has 0 unspecified atom stereocenters. The molecule has 72 valence electrons. The molecule has 0 aliphatic carbocycles. The normalized spacial score (nSPS) is 10.4. The Kier molecular flexibility index (Phi) is 2.48. The first kappa shape index (κ1) is 9.55. The molecule has 0 atom stereocenters. The molecule has 0 aliphatic heterocycles. The van der Waals surface area contributed by atoms with E-state index in [1.807, 2.05) is 12.1 Å². The molecule has 0 aliphatic rings. The second-order valence-corrected chi connectivity index (χ2v) is 3.96. The number of hydrogen-bond donors (Lipinski definition) is 1. The summed E-state index contributed by atoms with van der Waals surface area (Å²) < 4.78 is 5.73. The van der Waals surface area contributed by atoms with Crippen LogP contribution in [0.25, 0.3) is 11.3 Å². The van der Waals surface area contributed by atoms with E-state index in [9.17, 15) is 0 Å². The van der Waals surface area contributed by atoms with E-state index in [1.54, 1.807) is 6.07 Å². The Hall–Kier alpha value is -1.00. The molecule has 1 aromatic heterocycles. The molecule has 5 heteroatoms. The van der Waals surface area contributed by atoms with E-state index >= 15 is 0 Å². The molecular formula is C9H6BrClN2O. The number of anilines is 1. The predicted molar refractivity (Wildman–Crippen MR) is 59.1 cm³/mol. The molecule has 0 saturated carbocycles. The predicted octanol–water partition coefficient (Wildman–Crippen LogP) is 3.34. The van der Waals surface area contributed by atoms with Crippen LogP contribution in [-0.2, 0) is 0 Å². The summed E-state index contributed by atoms with van der Waals surface area (Å²) in [6.07, 6.45) is 1.50. The zero-order valence-corrected chi connectivity index (χ0v) is 9.34. The molecule has 0 saturated heterocycles. The van der Waals surface area contributed by atoms with E-state index in [-0.39, 0.29) is 6.01 Å². The van der Waals surface area contributed by atoms with E-state index < -0.39 is 0 Å². The van der Waals surface area contributed by atoms with Crippen LogP contribution < -0.4 is 5.73 Å². The summed E-state index contributed by atoms with van der Waals surface area (Å²) in [6, 6.07) is 5.65. The third-order valence-corrected chi connectivity index (χ3v) is 2.95. The summed E-state index contributed by atoms with van der Waals surface area (Å²) in [4.78, 5) is 4.00. The second-order valence-electron chi connectivity index (χ2n) is 2.70. The molecule has 0 fully saturated rings. The van der Waals surface area contributed by atoms with Crippen molar-refractivity contribution >= 4 is 33.5 Å². The van der Waals surface area contributed by atoms with E-state index in [1.165, 1.54) is 6.26 Å². The van der Waals surface area contributed by atoms with Gasteiger partial charge in [0.15, 0.2) is 0 Å². The van der Waals surface area contributed by atoms with Crippen molar-refractivity contribution in [2.75, 3.05) is 5.73 Å². The van der Waals surface area contributed by atoms with Gasteiger partial charge in [0.2, 0.25) is 0 Å². The van der Waals surface area contributed by atoms with Crippen LogP contribution in [0.2, 0.25) is 5.02 Å². The molecule has 0 bridgehead atoms. The van der Waals surface area contributed by atoms with Crippen molar-refractivity contribution in [2.45, 2.75) is 0 Å². The standard InChI is InChI=1S/C9H6BrClN2O/c10-6-3-5(1-2-7(6)11)8-4-14-9(12)13-8/h1-4H,(H2,12,13). The van der Waals surface area contributed by atoms with Gasteiger partial charge in [-0.15, -0.1) is 0 Å². The Morgan fingerprint density at radius 2 is 2.21 bits per heavy atom. The van der Waals surface area contributed by atoms with E-state index in [2.05, 4.69) is 20.9 Å². The van der Waals surface area contributed by atoms with Crippen molar-refractivity contribution in [3.63, 3.8) is 0 Å². The first-order chi connectivity index (χ1) is 6.66. The van der Waals surface area contributed by atoms with Gasteiger partial charge >= 0.3 is 0 Å². The van der Waals surface area contributed by atoms with Gasteiger partial charge in [0.05, 0.1) is 5.02 Å². The van der Waals surface area contributed by atoms with Gasteiger partial charge in [-0.3, -0.25) is 0 Å². The highest BCUT2D eigenvalue weighted by atomic mass is 79.9. The molecule has 1 heterocycles. The fourth-order valence-corrected chi connectivity index (χ4v) is 1.57. The van der Waals surface area contributed by atoms with Crippen molar-refractivity contribution in [2.24, 2.45) is 0 Å². The van der Waals surface area contributed by atoms with Gasteiger partial charge in [0, 0.05) is 10.0 Å². The Bertz CT molecular complexity index is 470. The van der Waals surface area contributed by atoms with Crippen LogP contribution in [0.4, 0.5) is 6.01 Å². The molecule has 2 aromatic rings. The molecule has 2 N–H and O–H groups in total. The molecule has 0 amide bonds. The molecule has 3 nitrogen and oxygen atoms in total. The summed E-state index contributed by atoms with van der Waals surface area (Å²) in [5.74, 6) is 0. The Labute approximate surface area is 94.0 Å². The second kappa shape index (κ2) is 3.63. The number of benzene rings is 1. The summed E-state index contributed by atoms with van der Waals surface area (Å²) in [6.45, 7) is 0. The van der Waals surface area contributed by atoms with Gasteiger partial charge in [-0.1, -0.05) is 17.7 Å². The number of oxazole rings is 1. The van der Waals surface area contributed by atoms with Crippen LogP contribution in [-0.4, -0.2) is 4.98 Å². The lowest BCUT2D eigenvalue weighted by molar-refractivity contribution is 0.581. The fraction of sp³-hybridized carbons (Fsp3) is 0. The van der Waals surface area contributed by atoms with Crippen molar-refractivity contribution in [3.8, 4) is 11.3 Å². The maximum absolute atomic E-state index is 5.86. The average Bonchev–Trinajstić information content (AvgIpc) is 2.57. The van der Waals surface area contributed by atoms with E-state index in [0.717, 1.165) is 10.0 Å². The van der Waals surface area contributed by atoms with Crippen molar-refractivity contribution in [1.29, 1.82) is 0 Å². The maximum Gasteiger partial charge on any atom is 0.292 e. The van der Waals surface area contributed by atoms with Crippen LogP contribution in [0.15, 0.2) is 33.4 Å². The van der Waals surface area contributed by atoms with Crippen LogP contribution in [0.1, 0.15) is 0 Å². The van der Waals surface area contributed by atoms with Crippen molar-refractivity contribution in [1.82, 2.24) is 4.98 Å². The van der Waals surface area contributed by atoms with Gasteiger partial charge < -0.3 is 10.2 Å². The van der Waals surface area contributed by atoms with Gasteiger partial charge in [-0.2, -0.15) is 4.98 Å². The Morgan fingerprint density at radius 1 is 1.43 bits per heavy atom. The van der Waals surface area contributed by atoms with Gasteiger partial charge in [-0.25, -0.2) is 0 Å². The van der Waals surface area contributed by atoms with Gasteiger partial charge in [-0.05, 0) is 28.1 Å². The number of hydrogen-bond acceptors (Lipinski definition) is 3. The molecule has 0 radical (unpaired) electrons. The molecule has 14 heavy (non-hydrogen) atoms. The Morgan fingerprint density at radius 3 is 2.79 bits per heavy atom. The van der Waals surface area contributed by atoms with E-state index in [0.29, 0.717) is 10.7 Å². The minimum absolute atomic E-state index is 0.158. The number of rotatable bonds is 1. The van der Waals surface area contributed by atoms with Gasteiger partial charge in [0.25, 0.3) is 6.01 Å². The summed E-state index contributed by atoms with van der Waals surface area (Å²) >= 11 is 9.19. The number of nitrogens with zero attached hydrogens (tertiary/aromatic N) is 1. The highest BCUT2D eigenvalue weighted by Gasteiger charge is 2.05. The minimum atomic E-state index is 0.158. The highest BCUT2D eigenvalue weighted by molar-refractivity contribution is 9.10. The smallest absolute Gasteiger partial charge is 0.292 e. The quantitative estimate of drug-likeness (QED) is 0.867. The largest absolute Gasteiger partial charge is 0.432 e. The lowest BCUT2D eigenvalue weighted by atomic mass is 10.2. The summed E-state index contributed by atoms with van der Waals surface area (Å²) in [7, 11) is 0. The molecule has 1 aromatic carbocycles. The number of nitrogens with two attached hydrogens (primary N) is 1. The topological polar surface area (TPSA) is 52.0 Å². The average molecular weight is 274 g/mol. The monoisotopic (exact) mass is 272 g/mol. The number of aromatic nitrogens is 1. The highest BCUT2D eigenvalue weighted by Crippen LogP contribution is 2.28. The van der Waals surface area contributed by atoms with Crippen LogP contribution >= 0.6 is 27.5 Å². The zero-order valence-electron chi connectivity index (χ0n) is 7.00. The third kappa shape index (κ3) is 1.76. The third-order valence-electron chi connectivity index (χ3n) is 1.74. The fourth-order valence-electron chi connectivity index (χ4n) is 1.08. The minimum Gasteiger partial charge on any atom is -0.432 e. The lowest BCUT2D eigenvalue weighted by Crippen LogP contribution is -1.83. The maximum atomic E-state index is 5.86. The molecule has 0 spiro atoms. The Balaban J connectivity index is 2.47. The van der Waals surface area contributed by atoms with Crippen LogP contribution in [0.3, 0.4) is 0 Å². The molecular weight excluding hydrogens is 267 g/mol. The number of halogens is 2. The number of nitrogen functional groups attached to an aromatic ring is 1. The SMILES string of the molecule is Nc1nc(-c2ccc(Cl)c(Br)c2)co1. The van der Waals surface area contributed by atoms with Crippen molar-refractivity contribution in [3.05, 3.63) is 34.0 Å².